The van der Waals surface area contributed by atoms with Crippen molar-refractivity contribution in [3.05, 3.63) is 41.2 Å². The molecular weight excluding hydrogens is 310 g/mol. The fraction of sp³-hybridized carbons (Fsp3) is 0.353. The largest absolute Gasteiger partial charge is 0.497 e. The van der Waals surface area contributed by atoms with Gasteiger partial charge in [0.15, 0.2) is 0 Å². The number of ether oxygens (including phenoxy) is 2. The Balaban J connectivity index is 1.66. The van der Waals surface area contributed by atoms with E-state index >= 15 is 0 Å². The molecule has 0 fully saturated rings. The quantitative estimate of drug-likeness (QED) is 0.870. The predicted octanol–water partition coefficient (Wildman–Crippen LogP) is 3.77. The van der Waals surface area contributed by atoms with E-state index in [1.165, 1.54) is 0 Å². The Kier molecular flexibility index (Phi) is 4.52. The number of aromatic nitrogens is 1. The molecule has 0 saturated carbocycles. The number of nitrogens with one attached hydrogen (secondary N) is 2. The van der Waals surface area contributed by atoms with Gasteiger partial charge < -0.3 is 20.1 Å². The second-order valence-corrected chi connectivity index (χ2v) is 6.53. The molecule has 0 radical (unpaired) electrons. The van der Waals surface area contributed by atoms with Crippen LogP contribution in [0.1, 0.15) is 16.8 Å². The summed E-state index contributed by atoms with van der Waals surface area (Å²) in [5.74, 6) is 2.58. The first-order chi connectivity index (χ1) is 11.1. The lowest BCUT2D eigenvalue weighted by Gasteiger charge is -2.15. The number of anilines is 2. The van der Waals surface area contributed by atoms with Crippen molar-refractivity contribution in [1.29, 1.82) is 0 Å². The monoisotopic (exact) mass is 331 g/mol. The van der Waals surface area contributed by atoms with Crippen molar-refractivity contribution in [2.45, 2.75) is 25.1 Å². The van der Waals surface area contributed by atoms with Gasteiger partial charge in [0.1, 0.15) is 17.0 Å². The highest BCUT2D eigenvalue weighted by atomic mass is 32.2. The molecule has 5 nitrogen and oxygen atoms in total. The third-order valence-corrected chi connectivity index (χ3v) is 4.95. The van der Waals surface area contributed by atoms with Crippen LogP contribution < -0.4 is 20.1 Å². The number of benzene rings is 1. The fourth-order valence-electron chi connectivity index (χ4n) is 2.68. The summed E-state index contributed by atoms with van der Waals surface area (Å²) in [6.07, 6.45) is 1.87. The van der Waals surface area contributed by atoms with Gasteiger partial charge in [0.2, 0.25) is 0 Å². The second kappa shape index (κ2) is 6.58. The van der Waals surface area contributed by atoms with Crippen LogP contribution in [0.4, 0.5) is 11.4 Å². The molecule has 1 unspecified atom stereocenters. The lowest BCUT2D eigenvalue weighted by Crippen LogP contribution is -2.17. The number of aryl methyl sites for hydroxylation is 1. The smallest absolute Gasteiger partial charge is 0.146 e. The summed E-state index contributed by atoms with van der Waals surface area (Å²) in [6, 6.07) is 5.98. The van der Waals surface area contributed by atoms with E-state index in [1.807, 2.05) is 31.3 Å². The van der Waals surface area contributed by atoms with Crippen LogP contribution in [-0.2, 0) is 5.75 Å². The molecule has 1 aromatic heterocycles. The molecule has 1 aliphatic heterocycles. The Morgan fingerprint density at radius 2 is 1.91 bits per heavy atom. The number of pyridine rings is 1. The topological polar surface area (TPSA) is 55.4 Å². The molecule has 1 aliphatic rings. The van der Waals surface area contributed by atoms with E-state index in [2.05, 4.69) is 22.5 Å². The van der Waals surface area contributed by atoms with Crippen molar-refractivity contribution in [3.8, 4) is 11.5 Å². The van der Waals surface area contributed by atoms with Crippen molar-refractivity contribution in [3.63, 3.8) is 0 Å². The highest BCUT2D eigenvalue weighted by molar-refractivity contribution is 7.99. The lowest BCUT2D eigenvalue weighted by molar-refractivity contribution is 0.407. The maximum Gasteiger partial charge on any atom is 0.146 e. The fourth-order valence-corrected chi connectivity index (χ4v) is 3.71. The summed E-state index contributed by atoms with van der Waals surface area (Å²) >= 11 is 1.77. The van der Waals surface area contributed by atoms with Crippen LogP contribution in [0.2, 0.25) is 0 Å². The summed E-state index contributed by atoms with van der Waals surface area (Å²) in [5.41, 5.74) is 5.50. The molecule has 0 amide bonds. The van der Waals surface area contributed by atoms with E-state index in [-0.39, 0.29) is 5.50 Å². The summed E-state index contributed by atoms with van der Waals surface area (Å²) in [7, 11) is 3.38. The normalized spacial score (nSPS) is 15.6. The predicted molar refractivity (Wildman–Crippen MR) is 95.6 cm³/mol. The van der Waals surface area contributed by atoms with Crippen LogP contribution in [-0.4, -0.2) is 24.7 Å². The molecule has 2 N–H and O–H groups in total. The van der Waals surface area contributed by atoms with Gasteiger partial charge in [-0.15, -0.1) is 11.8 Å². The molecule has 1 aromatic carbocycles. The maximum absolute atomic E-state index is 5.47. The van der Waals surface area contributed by atoms with Gasteiger partial charge in [-0.2, -0.15) is 0 Å². The first kappa shape index (κ1) is 15.8. The number of hydrogen-bond donors (Lipinski definition) is 2. The molecule has 0 aliphatic carbocycles. The van der Waals surface area contributed by atoms with Gasteiger partial charge in [-0.25, -0.2) is 0 Å². The lowest BCUT2D eigenvalue weighted by atomic mass is 10.1. The summed E-state index contributed by atoms with van der Waals surface area (Å²) < 4.78 is 10.7. The average molecular weight is 331 g/mol. The van der Waals surface area contributed by atoms with Gasteiger partial charge in [0.05, 0.1) is 31.3 Å². The molecule has 1 atom stereocenters. The third kappa shape index (κ3) is 3.17. The van der Waals surface area contributed by atoms with E-state index in [4.69, 9.17) is 9.47 Å². The van der Waals surface area contributed by atoms with Crippen LogP contribution in [0.25, 0.3) is 0 Å². The van der Waals surface area contributed by atoms with Crippen molar-refractivity contribution in [2.24, 2.45) is 0 Å². The van der Waals surface area contributed by atoms with Gasteiger partial charge >= 0.3 is 0 Å². The zero-order valence-electron chi connectivity index (χ0n) is 13.8. The van der Waals surface area contributed by atoms with E-state index in [0.717, 1.165) is 45.4 Å². The number of nitrogens with zero attached hydrogens (tertiary/aromatic N) is 1. The van der Waals surface area contributed by atoms with Crippen LogP contribution in [0.5, 0.6) is 11.5 Å². The Bertz CT molecular complexity index is 721. The molecule has 23 heavy (non-hydrogen) atoms. The van der Waals surface area contributed by atoms with Gasteiger partial charge in [0.25, 0.3) is 0 Å². The van der Waals surface area contributed by atoms with Gasteiger partial charge in [-0.1, -0.05) is 0 Å². The van der Waals surface area contributed by atoms with Crippen molar-refractivity contribution < 1.29 is 9.47 Å². The van der Waals surface area contributed by atoms with Crippen molar-refractivity contribution in [2.75, 3.05) is 24.9 Å². The SMILES string of the molecule is COc1ccc2c(c1)NC(SCc1ncc(C)c(OC)c1C)N2. The number of rotatable bonds is 5. The molecule has 0 spiro atoms. The van der Waals surface area contributed by atoms with E-state index in [1.54, 1.807) is 26.0 Å². The molecule has 0 bridgehead atoms. The summed E-state index contributed by atoms with van der Waals surface area (Å²) in [6.45, 7) is 4.07. The Morgan fingerprint density at radius 1 is 1.13 bits per heavy atom. The zero-order valence-corrected chi connectivity index (χ0v) is 14.6. The third-order valence-electron chi connectivity index (χ3n) is 3.94. The van der Waals surface area contributed by atoms with E-state index < -0.39 is 0 Å². The molecule has 2 aromatic rings. The van der Waals surface area contributed by atoms with Crippen LogP contribution >= 0.6 is 11.8 Å². The molecular formula is C17H21N3O2S. The Labute approximate surface area is 140 Å². The van der Waals surface area contributed by atoms with E-state index in [9.17, 15) is 0 Å². The highest BCUT2D eigenvalue weighted by Gasteiger charge is 2.21. The summed E-state index contributed by atoms with van der Waals surface area (Å²) in [5, 5.41) is 6.90. The van der Waals surface area contributed by atoms with E-state index in [0.29, 0.717) is 0 Å². The Hall–Kier alpha value is -2.08. The molecule has 2 heterocycles. The number of fused-ring (bicyclic) bond motifs is 1. The van der Waals surface area contributed by atoms with Gasteiger partial charge in [-0.3, -0.25) is 4.98 Å². The Morgan fingerprint density at radius 3 is 2.65 bits per heavy atom. The van der Waals surface area contributed by atoms with Gasteiger partial charge in [-0.05, 0) is 26.0 Å². The molecule has 6 heteroatoms. The highest BCUT2D eigenvalue weighted by Crippen LogP contribution is 2.36. The maximum atomic E-state index is 5.47. The molecule has 122 valence electrons. The van der Waals surface area contributed by atoms with Crippen molar-refractivity contribution >= 4 is 23.1 Å². The average Bonchev–Trinajstić information content (AvgIpc) is 2.96. The van der Waals surface area contributed by atoms with Crippen LogP contribution in [0, 0.1) is 13.8 Å². The first-order valence-corrected chi connectivity index (χ1v) is 8.49. The van der Waals surface area contributed by atoms with Gasteiger partial charge in [0, 0.05) is 29.1 Å². The molecule has 0 saturated heterocycles. The second-order valence-electron chi connectivity index (χ2n) is 5.44. The number of methoxy groups -OCH3 is 2. The van der Waals surface area contributed by atoms with Crippen LogP contribution in [0.15, 0.2) is 24.4 Å². The minimum atomic E-state index is 0.116. The summed E-state index contributed by atoms with van der Waals surface area (Å²) in [4.78, 5) is 4.55. The van der Waals surface area contributed by atoms with Crippen LogP contribution in [0.3, 0.4) is 0 Å². The standard InChI is InChI=1S/C17H21N3O2S/c1-10-8-18-15(11(2)16(10)22-4)9-23-17-19-13-6-5-12(21-3)7-14(13)20-17/h5-8,17,19-20H,9H2,1-4H3. The number of thioether (sulfide) groups is 1. The first-order valence-electron chi connectivity index (χ1n) is 7.44. The number of hydrogen-bond acceptors (Lipinski definition) is 6. The molecule has 3 rings (SSSR count). The minimum absolute atomic E-state index is 0.116. The van der Waals surface area contributed by atoms with Crippen molar-refractivity contribution in [1.82, 2.24) is 4.98 Å². The zero-order chi connectivity index (χ0) is 16.4. The minimum Gasteiger partial charge on any atom is -0.497 e.